The number of ether oxygens (including phenoxy) is 1. The minimum Gasteiger partial charge on any atom is -0.497 e. The van der Waals surface area contributed by atoms with E-state index in [1.807, 2.05) is 12.1 Å². The Morgan fingerprint density at radius 1 is 1.26 bits per heavy atom. The molecule has 0 heterocycles. The molecule has 0 bridgehead atoms. The van der Waals surface area contributed by atoms with Crippen molar-refractivity contribution in [2.75, 3.05) is 12.4 Å². The summed E-state index contributed by atoms with van der Waals surface area (Å²) in [6, 6.07) is 10.3. The van der Waals surface area contributed by atoms with Crippen molar-refractivity contribution < 1.29 is 9.13 Å². The molecular weight excluding hydrogens is 333 g/mol. The predicted octanol–water partition coefficient (Wildman–Crippen LogP) is 4.86. The van der Waals surface area contributed by atoms with Crippen LogP contribution in [0.3, 0.4) is 0 Å². The first-order chi connectivity index (χ1) is 9.10. The van der Waals surface area contributed by atoms with Gasteiger partial charge in [-0.1, -0.05) is 17.7 Å². The highest BCUT2D eigenvalue weighted by Gasteiger charge is 2.04. The summed E-state index contributed by atoms with van der Waals surface area (Å²) in [5, 5.41) is 3.73. The van der Waals surface area contributed by atoms with Crippen molar-refractivity contribution in [1.82, 2.24) is 0 Å². The number of halogens is 3. The summed E-state index contributed by atoms with van der Waals surface area (Å²) in [4.78, 5) is 0. The Balaban J connectivity index is 2.07. The summed E-state index contributed by atoms with van der Waals surface area (Å²) in [6.45, 7) is 0.383. The van der Waals surface area contributed by atoms with Crippen LogP contribution in [0.25, 0.3) is 0 Å². The lowest BCUT2D eigenvalue weighted by molar-refractivity contribution is 0.411. The van der Waals surface area contributed by atoms with E-state index in [0.717, 1.165) is 10.2 Å². The van der Waals surface area contributed by atoms with E-state index in [-0.39, 0.29) is 5.82 Å². The van der Waals surface area contributed by atoms with Gasteiger partial charge in [0.1, 0.15) is 11.6 Å². The van der Waals surface area contributed by atoms with Gasteiger partial charge in [-0.25, -0.2) is 4.39 Å². The average molecular weight is 345 g/mol. The number of benzene rings is 2. The van der Waals surface area contributed by atoms with Crippen LogP contribution in [-0.4, -0.2) is 7.11 Å². The van der Waals surface area contributed by atoms with Gasteiger partial charge < -0.3 is 10.1 Å². The van der Waals surface area contributed by atoms with Gasteiger partial charge in [0.15, 0.2) is 0 Å². The van der Waals surface area contributed by atoms with E-state index in [1.54, 1.807) is 18.2 Å². The van der Waals surface area contributed by atoms with Gasteiger partial charge in [0, 0.05) is 28.3 Å². The molecule has 2 nitrogen and oxygen atoms in total. The lowest BCUT2D eigenvalue weighted by Gasteiger charge is -2.09. The molecule has 2 aromatic carbocycles. The van der Waals surface area contributed by atoms with Crippen LogP contribution < -0.4 is 10.1 Å². The molecule has 0 unspecified atom stereocenters. The smallest absolute Gasteiger partial charge is 0.131 e. The summed E-state index contributed by atoms with van der Waals surface area (Å²) in [7, 11) is 1.51. The zero-order chi connectivity index (χ0) is 13.8. The lowest BCUT2D eigenvalue weighted by Crippen LogP contribution is -2.02. The van der Waals surface area contributed by atoms with Gasteiger partial charge in [-0.05, 0) is 40.2 Å². The van der Waals surface area contributed by atoms with E-state index in [2.05, 4.69) is 21.2 Å². The first kappa shape index (κ1) is 14.2. The van der Waals surface area contributed by atoms with Gasteiger partial charge >= 0.3 is 0 Å². The van der Waals surface area contributed by atoms with E-state index in [9.17, 15) is 4.39 Å². The minimum atomic E-state index is -0.296. The van der Waals surface area contributed by atoms with Crippen LogP contribution in [0.4, 0.5) is 10.1 Å². The Hall–Kier alpha value is -1.26. The fourth-order valence-electron chi connectivity index (χ4n) is 1.60. The van der Waals surface area contributed by atoms with Crippen LogP contribution in [-0.2, 0) is 6.54 Å². The summed E-state index contributed by atoms with van der Waals surface area (Å²) in [5.74, 6) is 0.211. The Labute approximate surface area is 124 Å². The minimum absolute atomic E-state index is 0.296. The summed E-state index contributed by atoms with van der Waals surface area (Å²) >= 11 is 9.31. The quantitative estimate of drug-likeness (QED) is 0.855. The molecule has 0 fully saturated rings. The number of rotatable bonds is 4. The predicted molar refractivity (Wildman–Crippen MR) is 79.4 cm³/mol. The SMILES string of the molecule is COc1ccc(CNc2ccc(Br)c(Cl)c2)c(F)c1. The normalized spacial score (nSPS) is 10.3. The Morgan fingerprint density at radius 3 is 2.68 bits per heavy atom. The summed E-state index contributed by atoms with van der Waals surface area (Å²) in [6.07, 6.45) is 0. The standard InChI is InChI=1S/C14H12BrClFNO/c1-19-11-4-2-9(14(17)7-11)8-18-10-3-5-12(15)13(16)6-10/h2-7,18H,8H2,1H3. The van der Waals surface area contributed by atoms with Crippen molar-refractivity contribution in [1.29, 1.82) is 0 Å². The molecule has 0 saturated carbocycles. The zero-order valence-electron chi connectivity index (χ0n) is 10.2. The second kappa shape index (κ2) is 6.26. The maximum Gasteiger partial charge on any atom is 0.131 e. The van der Waals surface area contributed by atoms with Crippen LogP contribution in [0.15, 0.2) is 40.9 Å². The molecule has 0 saturated heterocycles. The van der Waals surface area contributed by atoms with Crippen molar-refractivity contribution >= 4 is 33.2 Å². The molecule has 0 aliphatic heterocycles. The zero-order valence-corrected chi connectivity index (χ0v) is 12.6. The van der Waals surface area contributed by atoms with Crippen LogP contribution in [0.2, 0.25) is 5.02 Å². The third kappa shape index (κ3) is 3.61. The molecule has 0 atom stereocenters. The highest BCUT2D eigenvalue weighted by molar-refractivity contribution is 9.10. The molecule has 0 amide bonds. The van der Waals surface area contributed by atoms with Crippen molar-refractivity contribution in [3.05, 3.63) is 57.3 Å². The monoisotopic (exact) mass is 343 g/mol. The summed E-state index contributed by atoms with van der Waals surface area (Å²) in [5.41, 5.74) is 1.41. The summed E-state index contributed by atoms with van der Waals surface area (Å²) < 4.78 is 19.5. The van der Waals surface area contributed by atoms with Gasteiger partial charge in [-0.3, -0.25) is 0 Å². The molecule has 0 spiro atoms. The molecule has 0 aliphatic carbocycles. The first-order valence-electron chi connectivity index (χ1n) is 5.61. The molecule has 0 radical (unpaired) electrons. The largest absolute Gasteiger partial charge is 0.497 e. The molecule has 0 aliphatic rings. The number of hydrogen-bond acceptors (Lipinski definition) is 2. The van der Waals surface area contributed by atoms with Crippen LogP contribution in [0, 0.1) is 5.82 Å². The van der Waals surface area contributed by atoms with Crippen LogP contribution >= 0.6 is 27.5 Å². The second-order valence-corrected chi connectivity index (χ2v) is 5.20. The third-order valence-electron chi connectivity index (χ3n) is 2.66. The maximum atomic E-state index is 13.7. The van der Waals surface area contributed by atoms with E-state index in [4.69, 9.17) is 16.3 Å². The highest BCUT2D eigenvalue weighted by Crippen LogP contribution is 2.26. The topological polar surface area (TPSA) is 21.3 Å². The molecule has 2 rings (SSSR count). The van der Waals surface area contributed by atoms with Gasteiger partial charge in [0.2, 0.25) is 0 Å². The molecule has 2 aromatic rings. The molecule has 100 valence electrons. The van der Waals surface area contributed by atoms with Gasteiger partial charge in [-0.2, -0.15) is 0 Å². The van der Waals surface area contributed by atoms with Crippen LogP contribution in [0.5, 0.6) is 5.75 Å². The van der Waals surface area contributed by atoms with E-state index in [0.29, 0.717) is 22.9 Å². The van der Waals surface area contributed by atoms with Gasteiger partial charge in [0.25, 0.3) is 0 Å². The number of nitrogens with one attached hydrogen (secondary N) is 1. The Kier molecular flexibility index (Phi) is 4.66. The van der Waals surface area contributed by atoms with Gasteiger partial charge in [0.05, 0.1) is 12.1 Å². The fourth-order valence-corrected chi connectivity index (χ4v) is 2.03. The highest BCUT2D eigenvalue weighted by atomic mass is 79.9. The molecule has 19 heavy (non-hydrogen) atoms. The van der Waals surface area contributed by atoms with Crippen molar-refractivity contribution in [2.45, 2.75) is 6.54 Å². The number of hydrogen-bond donors (Lipinski definition) is 1. The first-order valence-corrected chi connectivity index (χ1v) is 6.78. The van der Waals surface area contributed by atoms with E-state index in [1.165, 1.54) is 13.2 Å². The molecule has 1 N–H and O–H groups in total. The molecular formula is C14H12BrClFNO. The Morgan fingerprint density at radius 2 is 2.05 bits per heavy atom. The maximum absolute atomic E-state index is 13.7. The van der Waals surface area contributed by atoms with Gasteiger partial charge in [-0.15, -0.1) is 0 Å². The van der Waals surface area contributed by atoms with Crippen molar-refractivity contribution in [3.8, 4) is 5.75 Å². The van der Waals surface area contributed by atoms with E-state index >= 15 is 0 Å². The molecule has 5 heteroatoms. The molecule has 0 aromatic heterocycles. The number of anilines is 1. The average Bonchev–Trinajstić information content (AvgIpc) is 2.41. The second-order valence-electron chi connectivity index (χ2n) is 3.94. The van der Waals surface area contributed by atoms with E-state index < -0.39 is 0 Å². The fraction of sp³-hybridized carbons (Fsp3) is 0.143. The number of methoxy groups -OCH3 is 1. The Bertz CT molecular complexity index is 592. The van der Waals surface area contributed by atoms with Crippen LogP contribution in [0.1, 0.15) is 5.56 Å². The van der Waals surface area contributed by atoms with Crippen molar-refractivity contribution in [2.24, 2.45) is 0 Å². The lowest BCUT2D eigenvalue weighted by atomic mass is 10.2. The van der Waals surface area contributed by atoms with Crippen molar-refractivity contribution in [3.63, 3.8) is 0 Å². The third-order valence-corrected chi connectivity index (χ3v) is 3.90.